The van der Waals surface area contributed by atoms with Crippen LogP contribution in [0.5, 0.6) is 11.5 Å². The zero-order valence-electron chi connectivity index (χ0n) is 18.0. The van der Waals surface area contributed by atoms with Crippen molar-refractivity contribution < 1.29 is 23.0 Å². The summed E-state index contributed by atoms with van der Waals surface area (Å²) in [7, 11) is 3.15. The number of hydrazone groups is 1. The van der Waals surface area contributed by atoms with Gasteiger partial charge in [-0.1, -0.05) is 12.1 Å². The minimum Gasteiger partial charge on any atom is -0.493 e. The van der Waals surface area contributed by atoms with Gasteiger partial charge in [0.15, 0.2) is 11.5 Å². The van der Waals surface area contributed by atoms with Gasteiger partial charge in [0.25, 0.3) is 0 Å². The molecule has 0 radical (unpaired) electrons. The first-order valence-electron chi connectivity index (χ1n) is 10.4. The van der Waals surface area contributed by atoms with Gasteiger partial charge in [-0.25, -0.2) is 18.6 Å². The minimum absolute atomic E-state index is 0.124. The third-order valence-corrected chi connectivity index (χ3v) is 6.05. The molecule has 5 rings (SSSR count). The lowest BCUT2D eigenvalue weighted by molar-refractivity contribution is 0.190. The molecule has 33 heavy (non-hydrogen) atoms. The van der Waals surface area contributed by atoms with E-state index in [-0.39, 0.29) is 11.7 Å². The second kappa shape index (κ2) is 8.20. The Balaban J connectivity index is 1.55. The molecular formula is C25H21F2N3O3. The van der Waals surface area contributed by atoms with Crippen molar-refractivity contribution in [1.29, 1.82) is 0 Å². The van der Waals surface area contributed by atoms with Crippen LogP contribution in [0.4, 0.5) is 19.3 Å². The summed E-state index contributed by atoms with van der Waals surface area (Å²) in [6.07, 6.45) is 0.636. The summed E-state index contributed by atoms with van der Waals surface area (Å²) >= 11 is 0. The first-order valence-corrected chi connectivity index (χ1v) is 10.4. The highest BCUT2D eigenvalue weighted by molar-refractivity contribution is 6.09. The normalized spacial score (nSPS) is 18.4. The Labute approximate surface area is 189 Å². The molecule has 0 saturated carbocycles. The molecular weight excluding hydrogens is 428 g/mol. The molecule has 1 N–H and O–H groups in total. The molecule has 2 unspecified atom stereocenters. The number of carbonyl (C=O) groups excluding carboxylic acids is 1. The zero-order chi connectivity index (χ0) is 23.1. The summed E-state index contributed by atoms with van der Waals surface area (Å²) in [5.74, 6) is 0.327. The number of methoxy groups -OCH3 is 2. The number of benzene rings is 3. The van der Waals surface area contributed by atoms with Crippen LogP contribution >= 0.6 is 0 Å². The lowest BCUT2D eigenvalue weighted by Gasteiger charge is -2.26. The number of fused-ring (bicyclic) bond motifs is 3. The predicted octanol–water partition coefficient (Wildman–Crippen LogP) is 5.15. The summed E-state index contributed by atoms with van der Waals surface area (Å²) in [5, 5.41) is 8.85. The molecule has 1 aliphatic heterocycles. The maximum Gasteiger partial charge on any atom is 0.342 e. The van der Waals surface area contributed by atoms with Crippen molar-refractivity contribution in [2.45, 2.75) is 12.5 Å². The van der Waals surface area contributed by atoms with Crippen LogP contribution < -0.4 is 14.8 Å². The Hall–Kier alpha value is -3.94. The quantitative estimate of drug-likeness (QED) is 0.599. The Bertz CT molecular complexity index is 1240. The fourth-order valence-electron chi connectivity index (χ4n) is 4.52. The summed E-state index contributed by atoms with van der Waals surface area (Å²) in [4.78, 5) is 13.2. The number of anilines is 1. The van der Waals surface area contributed by atoms with Gasteiger partial charge in [0.05, 0.1) is 26.0 Å². The van der Waals surface area contributed by atoms with E-state index in [4.69, 9.17) is 9.47 Å². The first kappa shape index (κ1) is 20.9. The number of hydrogen-bond acceptors (Lipinski definition) is 4. The number of urea groups is 1. The average molecular weight is 449 g/mol. The van der Waals surface area contributed by atoms with E-state index in [1.807, 2.05) is 12.1 Å². The molecule has 0 bridgehead atoms. The van der Waals surface area contributed by atoms with Crippen LogP contribution in [-0.2, 0) is 6.42 Å². The number of rotatable bonds is 4. The maximum atomic E-state index is 13.6. The van der Waals surface area contributed by atoms with Crippen LogP contribution in [-0.4, -0.2) is 31.0 Å². The van der Waals surface area contributed by atoms with Gasteiger partial charge in [-0.15, -0.1) is 0 Å². The molecule has 2 atom stereocenters. The average Bonchev–Trinajstić information content (AvgIpc) is 3.36. The second-order valence-electron chi connectivity index (χ2n) is 7.94. The SMILES string of the molecule is COc1cc2c(cc1OC)C1=NN(C(=O)Nc3ccc(F)cc3)C(c3ccc(F)cc3)C1C2. The van der Waals surface area contributed by atoms with E-state index in [1.54, 1.807) is 26.4 Å². The molecule has 2 aliphatic rings. The van der Waals surface area contributed by atoms with Gasteiger partial charge in [0, 0.05) is 17.2 Å². The summed E-state index contributed by atoms with van der Waals surface area (Å²) < 4.78 is 37.8. The molecule has 0 aromatic heterocycles. The number of halogens is 2. The molecule has 3 aromatic carbocycles. The molecule has 6 nitrogen and oxygen atoms in total. The Kier molecular flexibility index (Phi) is 5.20. The predicted molar refractivity (Wildman–Crippen MR) is 120 cm³/mol. The van der Waals surface area contributed by atoms with Crippen LogP contribution in [0.15, 0.2) is 65.8 Å². The zero-order valence-corrected chi connectivity index (χ0v) is 18.0. The molecule has 1 aliphatic carbocycles. The first-order chi connectivity index (χ1) is 16.0. The van der Waals surface area contributed by atoms with E-state index in [2.05, 4.69) is 10.4 Å². The second-order valence-corrected chi connectivity index (χ2v) is 7.94. The highest BCUT2D eigenvalue weighted by Gasteiger charge is 2.46. The largest absolute Gasteiger partial charge is 0.493 e. The van der Waals surface area contributed by atoms with E-state index in [9.17, 15) is 13.6 Å². The van der Waals surface area contributed by atoms with Gasteiger partial charge in [-0.2, -0.15) is 5.10 Å². The van der Waals surface area contributed by atoms with Gasteiger partial charge in [-0.3, -0.25) is 0 Å². The fraction of sp³-hybridized carbons (Fsp3) is 0.200. The maximum absolute atomic E-state index is 13.6. The van der Waals surface area contributed by atoms with Crippen LogP contribution in [0.2, 0.25) is 0 Å². The molecule has 3 aromatic rings. The summed E-state index contributed by atoms with van der Waals surface area (Å²) in [5.41, 5.74) is 3.91. The van der Waals surface area contributed by atoms with Gasteiger partial charge in [0.1, 0.15) is 11.6 Å². The molecule has 168 valence electrons. The van der Waals surface area contributed by atoms with Gasteiger partial charge >= 0.3 is 6.03 Å². The number of hydrogen-bond donors (Lipinski definition) is 1. The number of nitrogens with one attached hydrogen (secondary N) is 1. The van der Waals surface area contributed by atoms with Gasteiger partial charge < -0.3 is 14.8 Å². The highest BCUT2D eigenvalue weighted by Crippen LogP contribution is 2.47. The van der Waals surface area contributed by atoms with E-state index >= 15 is 0 Å². The standard InChI is InChI=1S/C25H21F2N3O3/c1-32-21-12-15-11-20-23(19(15)13-22(21)33-2)29-30(24(20)14-3-5-16(26)6-4-14)25(31)28-18-9-7-17(27)8-10-18/h3-10,12-13,20,24H,11H2,1-2H3,(H,28,31). The van der Waals surface area contributed by atoms with Crippen molar-refractivity contribution in [3.8, 4) is 11.5 Å². The summed E-state index contributed by atoms with van der Waals surface area (Å²) in [6, 6.07) is 14.5. The van der Waals surface area contributed by atoms with Crippen LogP contribution in [0.25, 0.3) is 0 Å². The topological polar surface area (TPSA) is 63.2 Å². The number of ether oxygens (including phenoxy) is 2. The third kappa shape index (κ3) is 3.67. The van der Waals surface area contributed by atoms with E-state index in [0.29, 0.717) is 23.6 Å². The van der Waals surface area contributed by atoms with Gasteiger partial charge in [-0.05, 0) is 66.1 Å². The molecule has 0 fully saturated rings. The molecule has 2 amide bonds. The monoisotopic (exact) mass is 449 g/mol. The van der Waals surface area contributed by atoms with Crippen molar-refractivity contribution in [3.05, 3.63) is 89.0 Å². The minimum atomic E-state index is -0.458. The molecule has 0 spiro atoms. The van der Waals surface area contributed by atoms with Crippen molar-refractivity contribution in [2.24, 2.45) is 11.0 Å². The highest BCUT2D eigenvalue weighted by atomic mass is 19.1. The lowest BCUT2D eigenvalue weighted by Crippen LogP contribution is -2.34. The number of carbonyl (C=O) groups is 1. The van der Waals surface area contributed by atoms with Crippen molar-refractivity contribution in [1.82, 2.24) is 5.01 Å². The van der Waals surface area contributed by atoms with Crippen molar-refractivity contribution >= 4 is 17.4 Å². The molecule has 8 heteroatoms. The van der Waals surface area contributed by atoms with Gasteiger partial charge in [0.2, 0.25) is 0 Å². The Morgan fingerprint density at radius 3 is 2.21 bits per heavy atom. The van der Waals surface area contributed by atoms with Crippen molar-refractivity contribution in [3.63, 3.8) is 0 Å². The number of nitrogens with zero attached hydrogens (tertiary/aromatic N) is 2. The van der Waals surface area contributed by atoms with Crippen LogP contribution in [0.1, 0.15) is 22.7 Å². The van der Waals surface area contributed by atoms with E-state index in [1.165, 1.54) is 41.4 Å². The Morgan fingerprint density at radius 1 is 0.970 bits per heavy atom. The molecule has 1 heterocycles. The van der Waals surface area contributed by atoms with E-state index in [0.717, 1.165) is 22.4 Å². The number of amides is 2. The third-order valence-electron chi connectivity index (χ3n) is 6.05. The fourth-order valence-corrected chi connectivity index (χ4v) is 4.52. The van der Waals surface area contributed by atoms with Crippen LogP contribution in [0, 0.1) is 17.6 Å². The van der Waals surface area contributed by atoms with Crippen LogP contribution in [0.3, 0.4) is 0 Å². The Morgan fingerprint density at radius 2 is 1.58 bits per heavy atom. The molecule has 0 saturated heterocycles. The lowest BCUT2D eigenvalue weighted by atomic mass is 9.90. The van der Waals surface area contributed by atoms with Crippen molar-refractivity contribution in [2.75, 3.05) is 19.5 Å². The smallest absolute Gasteiger partial charge is 0.342 e. The summed E-state index contributed by atoms with van der Waals surface area (Å²) in [6.45, 7) is 0. The van der Waals surface area contributed by atoms with E-state index < -0.39 is 17.9 Å².